The van der Waals surface area contributed by atoms with Crippen molar-refractivity contribution in [2.75, 3.05) is 0 Å². The van der Waals surface area contributed by atoms with E-state index in [2.05, 4.69) is 5.32 Å². The summed E-state index contributed by atoms with van der Waals surface area (Å²) in [6.07, 6.45) is 5.31. The van der Waals surface area contributed by atoms with Gasteiger partial charge in [0.25, 0.3) is 0 Å². The first-order valence-corrected chi connectivity index (χ1v) is 6.77. The van der Waals surface area contributed by atoms with Crippen LogP contribution in [0.2, 0.25) is 0 Å². The Balaban J connectivity index is 1.89. The second kappa shape index (κ2) is 5.31. The third-order valence-corrected chi connectivity index (χ3v) is 3.96. The number of rotatable bonds is 5. The van der Waals surface area contributed by atoms with E-state index in [9.17, 15) is 4.79 Å². The lowest BCUT2D eigenvalue weighted by molar-refractivity contribution is -0.124. The molecule has 4 atom stereocenters. The molecule has 0 aromatic rings. The molecule has 2 saturated heterocycles. The Hall–Kier alpha value is -0.680. The standard InChI is InChI=1S/C12H20N2O2S/c1-2-3-8(11(13)17)12(15)14-9-6-7-4-5-10(9)16-7/h7-10H,2-6H2,1H3,(H2,13,17)(H,14,15). The van der Waals surface area contributed by atoms with Gasteiger partial charge in [-0.25, -0.2) is 0 Å². The number of nitrogens with one attached hydrogen (secondary N) is 1. The van der Waals surface area contributed by atoms with Crippen molar-refractivity contribution in [2.45, 2.75) is 57.3 Å². The highest BCUT2D eigenvalue weighted by molar-refractivity contribution is 7.80. The molecule has 2 aliphatic rings. The van der Waals surface area contributed by atoms with Crippen LogP contribution in [0.15, 0.2) is 0 Å². The molecule has 0 spiro atoms. The average Bonchev–Trinajstić information content (AvgIpc) is 2.86. The highest BCUT2D eigenvalue weighted by atomic mass is 32.1. The monoisotopic (exact) mass is 256 g/mol. The van der Waals surface area contributed by atoms with Gasteiger partial charge < -0.3 is 15.8 Å². The van der Waals surface area contributed by atoms with Crippen LogP contribution >= 0.6 is 12.2 Å². The van der Waals surface area contributed by atoms with Crippen LogP contribution in [0.3, 0.4) is 0 Å². The number of amides is 1. The maximum Gasteiger partial charge on any atom is 0.230 e. The summed E-state index contributed by atoms with van der Waals surface area (Å²) in [5.41, 5.74) is 5.61. The molecule has 2 aliphatic heterocycles. The fraction of sp³-hybridized carbons (Fsp3) is 0.833. The first-order chi connectivity index (χ1) is 8.11. The molecule has 1 amide bonds. The second-order valence-electron chi connectivity index (χ2n) is 4.97. The van der Waals surface area contributed by atoms with Gasteiger partial charge in [0.2, 0.25) is 5.91 Å². The van der Waals surface area contributed by atoms with Crippen LogP contribution in [0.25, 0.3) is 0 Å². The summed E-state index contributed by atoms with van der Waals surface area (Å²) >= 11 is 4.95. The van der Waals surface area contributed by atoms with Gasteiger partial charge in [-0.05, 0) is 25.7 Å². The van der Waals surface area contributed by atoms with Gasteiger partial charge in [0.05, 0.1) is 29.2 Å². The Morgan fingerprint density at radius 2 is 2.35 bits per heavy atom. The molecule has 0 aliphatic carbocycles. The zero-order valence-corrected chi connectivity index (χ0v) is 11.0. The SMILES string of the molecule is CCCC(C(=O)NC1CC2CCC1O2)C(N)=S. The van der Waals surface area contributed by atoms with Crippen molar-refractivity contribution in [1.82, 2.24) is 5.32 Å². The Bertz CT molecular complexity index is 322. The van der Waals surface area contributed by atoms with E-state index in [0.29, 0.717) is 11.1 Å². The van der Waals surface area contributed by atoms with E-state index in [1.54, 1.807) is 0 Å². The highest BCUT2D eigenvalue weighted by Gasteiger charge is 2.42. The lowest BCUT2D eigenvalue weighted by Gasteiger charge is -2.23. The predicted molar refractivity (Wildman–Crippen MR) is 69.6 cm³/mol. The number of nitrogens with two attached hydrogens (primary N) is 1. The number of fused-ring (bicyclic) bond motifs is 2. The van der Waals surface area contributed by atoms with Gasteiger partial charge in [0.15, 0.2) is 0 Å². The summed E-state index contributed by atoms with van der Waals surface area (Å²) in [6, 6.07) is 0.162. The van der Waals surface area contributed by atoms with Crippen molar-refractivity contribution < 1.29 is 9.53 Å². The van der Waals surface area contributed by atoms with E-state index in [4.69, 9.17) is 22.7 Å². The average molecular weight is 256 g/mol. The predicted octanol–water partition coefficient (Wildman–Crippen LogP) is 1.12. The molecule has 4 unspecified atom stereocenters. The fourth-order valence-corrected chi connectivity index (χ4v) is 2.99. The van der Waals surface area contributed by atoms with E-state index in [1.165, 1.54) is 0 Å². The molecule has 0 radical (unpaired) electrons. The molecule has 4 nitrogen and oxygen atoms in total. The van der Waals surface area contributed by atoms with Crippen LogP contribution in [-0.2, 0) is 9.53 Å². The number of carbonyl (C=O) groups is 1. The van der Waals surface area contributed by atoms with E-state index in [0.717, 1.165) is 32.1 Å². The van der Waals surface area contributed by atoms with Crippen LogP contribution in [0.4, 0.5) is 0 Å². The van der Waals surface area contributed by atoms with Crippen LogP contribution in [0, 0.1) is 5.92 Å². The number of hydrogen-bond acceptors (Lipinski definition) is 3. The largest absolute Gasteiger partial charge is 0.393 e. The van der Waals surface area contributed by atoms with Gasteiger partial charge in [0.1, 0.15) is 0 Å². The van der Waals surface area contributed by atoms with Crippen LogP contribution in [-0.4, -0.2) is 29.1 Å². The molecule has 2 heterocycles. The molecule has 5 heteroatoms. The van der Waals surface area contributed by atoms with E-state index >= 15 is 0 Å². The highest BCUT2D eigenvalue weighted by Crippen LogP contribution is 2.34. The number of thiocarbonyl (C=S) groups is 1. The molecular formula is C12H20N2O2S. The lowest BCUT2D eigenvalue weighted by atomic mass is 9.94. The molecule has 2 fully saturated rings. The Labute approximate surface area is 107 Å². The Morgan fingerprint density at radius 3 is 2.82 bits per heavy atom. The number of ether oxygens (including phenoxy) is 1. The molecular weight excluding hydrogens is 236 g/mol. The summed E-state index contributed by atoms with van der Waals surface area (Å²) in [4.78, 5) is 12.4. The van der Waals surface area contributed by atoms with Crippen LogP contribution < -0.4 is 11.1 Å². The van der Waals surface area contributed by atoms with Crippen molar-refractivity contribution in [2.24, 2.45) is 11.7 Å². The van der Waals surface area contributed by atoms with Crippen LogP contribution in [0.5, 0.6) is 0 Å². The molecule has 3 N–H and O–H groups in total. The van der Waals surface area contributed by atoms with Gasteiger partial charge in [-0.1, -0.05) is 25.6 Å². The summed E-state index contributed by atoms with van der Waals surface area (Å²) < 4.78 is 5.71. The maximum absolute atomic E-state index is 12.1. The summed E-state index contributed by atoms with van der Waals surface area (Å²) in [5, 5.41) is 3.05. The quantitative estimate of drug-likeness (QED) is 0.724. The van der Waals surface area contributed by atoms with Gasteiger partial charge in [-0.2, -0.15) is 0 Å². The smallest absolute Gasteiger partial charge is 0.230 e. The van der Waals surface area contributed by atoms with Crippen LogP contribution in [0.1, 0.15) is 39.0 Å². The minimum Gasteiger partial charge on any atom is -0.393 e. The summed E-state index contributed by atoms with van der Waals surface area (Å²) in [7, 11) is 0. The van der Waals surface area contributed by atoms with Crippen molar-refractivity contribution in [3.05, 3.63) is 0 Å². The summed E-state index contributed by atoms with van der Waals surface area (Å²) in [6.45, 7) is 2.03. The Morgan fingerprint density at radius 1 is 1.59 bits per heavy atom. The third-order valence-electron chi connectivity index (χ3n) is 3.67. The first-order valence-electron chi connectivity index (χ1n) is 6.37. The van der Waals surface area contributed by atoms with E-state index in [1.807, 2.05) is 6.92 Å². The zero-order chi connectivity index (χ0) is 12.4. The molecule has 2 rings (SSSR count). The van der Waals surface area contributed by atoms with E-state index in [-0.39, 0.29) is 24.0 Å². The molecule has 96 valence electrons. The summed E-state index contributed by atoms with van der Waals surface area (Å²) in [5.74, 6) is -0.352. The normalized spacial score (nSPS) is 32.4. The van der Waals surface area contributed by atoms with Gasteiger partial charge >= 0.3 is 0 Å². The van der Waals surface area contributed by atoms with Crippen molar-refractivity contribution in [3.8, 4) is 0 Å². The maximum atomic E-state index is 12.1. The van der Waals surface area contributed by atoms with Crippen molar-refractivity contribution >= 4 is 23.1 Å². The number of carbonyl (C=O) groups excluding carboxylic acids is 1. The lowest BCUT2D eigenvalue weighted by Crippen LogP contribution is -2.46. The number of hydrogen-bond donors (Lipinski definition) is 2. The molecule has 0 saturated carbocycles. The first kappa shape index (κ1) is 12.8. The minimum atomic E-state index is -0.325. The molecule has 17 heavy (non-hydrogen) atoms. The van der Waals surface area contributed by atoms with Crippen molar-refractivity contribution in [3.63, 3.8) is 0 Å². The molecule has 2 bridgehead atoms. The van der Waals surface area contributed by atoms with Gasteiger partial charge in [-0.15, -0.1) is 0 Å². The molecule has 0 aromatic carbocycles. The minimum absolute atomic E-state index is 0.0273. The topological polar surface area (TPSA) is 64.3 Å². The van der Waals surface area contributed by atoms with Gasteiger partial charge in [-0.3, -0.25) is 4.79 Å². The zero-order valence-electron chi connectivity index (χ0n) is 10.1. The third kappa shape index (κ3) is 2.77. The van der Waals surface area contributed by atoms with Crippen molar-refractivity contribution in [1.29, 1.82) is 0 Å². The molecule has 0 aromatic heterocycles. The van der Waals surface area contributed by atoms with Gasteiger partial charge in [0, 0.05) is 0 Å². The second-order valence-corrected chi connectivity index (χ2v) is 5.44. The fourth-order valence-electron chi connectivity index (χ4n) is 2.76. The Kier molecular flexibility index (Phi) is 3.99. The van der Waals surface area contributed by atoms with E-state index < -0.39 is 0 Å².